The van der Waals surface area contributed by atoms with E-state index in [4.69, 9.17) is 0 Å². The minimum Gasteiger partial charge on any atom is -0.349 e. The van der Waals surface area contributed by atoms with Crippen molar-refractivity contribution in [2.45, 2.75) is 0 Å². The van der Waals surface area contributed by atoms with Crippen LogP contribution in [-0.2, 0) is 0 Å². The van der Waals surface area contributed by atoms with E-state index in [1.165, 1.54) is 12.1 Å². The number of benzene rings is 2. The molecule has 1 N–H and O–H groups in total. The smallest absolute Gasteiger partial charge is 0.272 e. The second-order valence-electron chi connectivity index (χ2n) is 6.72. The Labute approximate surface area is 168 Å². The molecule has 0 aliphatic carbocycles. The molecule has 148 valence electrons. The Hall–Kier alpha value is -3.65. The van der Waals surface area contributed by atoms with E-state index in [2.05, 4.69) is 15.5 Å². The Morgan fingerprint density at radius 1 is 1.03 bits per heavy atom. The molecule has 29 heavy (non-hydrogen) atoms. The first-order valence-electron chi connectivity index (χ1n) is 9.06. The van der Waals surface area contributed by atoms with Crippen LogP contribution in [0.2, 0.25) is 0 Å². The van der Waals surface area contributed by atoms with Crippen LogP contribution < -0.4 is 5.32 Å². The number of amides is 1. The van der Waals surface area contributed by atoms with Gasteiger partial charge < -0.3 is 10.2 Å². The molecule has 0 aliphatic heterocycles. The lowest BCUT2D eigenvalue weighted by Gasteiger charge is -2.13. The normalized spacial score (nSPS) is 10.7. The number of hydrogen-bond donors (Lipinski definition) is 1. The van der Waals surface area contributed by atoms with Gasteiger partial charge in [-0.1, -0.05) is 42.5 Å². The third-order valence-electron chi connectivity index (χ3n) is 4.29. The molecule has 3 rings (SSSR count). The van der Waals surface area contributed by atoms with E-state index in [9.17, 15) is 14.9 Å². The van der Waals surface area contributed by atoms with Crippen molar-refractivity contribution in [1.29, 1.82) is 0 Å². The largest absolute Gasteiger partial charge is 0.349 e. The number of nitrogens with one attached hydrogen (secondary N) is 1. The van der Waals surface area contributed by atoms with Crippen molar-refractivity contribution in [2.24, 2.45) is 0 Å². The zero-order chi connectivity index (χ0) is 20.8. The Kier molecular flexibility index (Phi) is 6.25. The summed E-state index contributed by atoms with van der Waals surface area (Å²) in [5.41, 5.74) is 2.51. The number of nitro groups is 1. The van der Waals surface area contributed by atoms with Crippen LogP contribution >= 0.6 is 0 Å². The van der Waals surface area contributed by atoms with E-state index >= 15 is 0 Å². The fourth-order valence-electron chi connectivity index (χ4n) is 2.79. The van der Waals surface area contributed by atoms with Crippen molar-refractivity contribution in [3.8, 4) is 22.4 Å². The molecule has 8 heteroatoms. The van der Waals surface area contributed by atoms with Gasteiger partial charge >= 0.3 is 0 Å². The number of likely N-dealkylation sites (N-methyl/N-ethyl adjacent to an activating group) is 1. The summed E-state index contributed by atoms with van der Waals surface area (Å²) in [6.45, 7) is 1.12. The van der Waals surface area contributed by atoms with Crippen molar-refractivity contribution in [1.82, 2.24) is 20.4 Å². The Morgan fingerprint density at radius 2 is 1.76 bits per heavy atom. The molecular formula is C21H21N5O3. The summed E-state index contributed by atoms with van der Waals surface area (Å²) in [5.74, 6) is -0.375. The minimum atomic E-state index is -0.465. The molecule has 0 aliphatic rings. The second kappa shape index (κ2) is 9.03. The second-order valence-corrected chi connectivity index (χ2v) is 6.72. The van der Waals surface area contributed by atoms with Crippen LogP contribution in [0.5, 0.6) is 0 Å². The Morgan fingerprint density at radius 3 is 2.45 bits per heavy atom. The molecule has 0 saturated heterocycles. The average Bonchev–Trinajstić information content (AvgIpc) is 2.73. The van der Waals surface area contributed by atoms with Crippen LogP contribution in [0, 0.1) is 10.1 Å². The van der Waals surface area contributed by atoms with Gasteiger partial charge in [-0.3, -0.25) is 14.9 Å². The van der Waals surface area contributed by atoms with Crippen LogP contribution in [0.25, 0.3) is 22.4 Å². The summed E-state index contributed by atoms with van der Waals surface area (Å²) in [5, 5.41) is 22.4. The molecule has 0 fully saturated rings. The number of non-ortho nitro benzene ring substituents is 1. The van der Waals surface area contributed by atoms with Gasteiger partial charge in [0.25, 0.3) is 11.6 Å². The molecule has 1 aromatic heterocycles. The fourth-order valence-corrected chi connectivity index (χ4v) is 2.79. The van der Waals surface area contributed by atoms with Gasteiger partial charge in [0.05, 0.1) is 10.6 Å². The maximum atomic E-state index is 12.7. The van der Waals surface area contributed by atoms with Crippen molar-refractivity contribution in [2.75, 3.05) is 27.2 Å². The maximum Gasteiger partial charge on any atom is 0.272 e. The molecule has 0 unspecified atom stereocenters. The number of aromatic nitrogens is 2. The first-order valence-corrected chi connectivity index (χ1v) is 9.06. The molecule has 0 bridgehead atoms. The maximum absolute atomic E-state index is 12.7. The van der Waals surface area contributed by atoms with Gasteiger partial charge in [0.1, 0.15) is 0 Å². The van der Waals surface area contributed by atoms with Crippen molar-refractivity contribution >= 4 is 11.6 Å². The minimum absolute atomic E-state index is 0.0560. The lowest BCUT2D eigenvalue weighted by molar-refractivity contribution is -0.384. The van der Waals surface area contributed by atoms with Crippen molar-refractivity contribution in [3.05, 3.63) is 76.5 Å². The summed E-state index contributed by atoms with van der Waals surface area (Å²) < 4.78 is 0. The van der Waals surface area contributed by atoms with E-state index in [1.54, 1.807) is 18.2 Å². The third kappa shape index (κ3) is 4.99. The predicted molar refractivity (Wildman–Crippen MR) is 110 cm³/mol. The quantitative estimate of drug-likeness (QED) is 0.491. The van der Waals surface area contributed by atoms with Crippen LogP contribution in [0.3, 0.4) is 0 Å². The van der Waals surface area contributed by atoms with Crippen LogP contribution in [0.4, 0.5) is 5.69 Å². The van der Waals surface area contributed by atoms with E-state index in [1.807, 2.05) is 49.3 Å². The van der Waals surface area contributed by atoms with E-state index in [0.29, 0.717) is 29.9 Å². The molecule has 2 aromatic carbocycles. The van der Waals surface area contributed by atoms with Gasteiger partial charge in [-0.2, -0.15) is 0 Å². The monoisotopic (exact) mass is 391 g/mol. The van der Waals surface area contributed by atoms with E-state index in [-0.39, 0.29) is 17.3 Å². The van der Waals surface area contributed by atoms with Crippen LogP contribution in [0.15, 0.2) is 60.7 Å². The highest BCUT2D eigenvalue weighted by Gasteiger charge is 2.19. The van der Waals surface area contributed by atoms with Crippen LogP contribution in [-0.4, -0.2) is 53.1 Å². The molecule has 0 saturated carbocycles. The number of carbonyl (C=O) groups is 1. The summed E-state index contributed by atoms with van der Waals surface area (Å²) in [6, 6.07) is 17.3. The number of nitro benzene ring substituents is 1. The number of nitrogens with zero attached hydrogens (tertiary/aromatic N) is 4. The third-order valence-corrected chi connectivity index (χ3v) is 4.29. The molecule has 3 aromatic rings. The van der Waals surface area contributed by atoms with Gasteiger partial charge in [-0.15, -0.1) is 10.2 Å². The van der Waals surface area contributed by atoms with Crippen molar-refractivity contribution < 1.29 is 9.72 Å². The highest BCUT2D eigenvalue weighted by Crippen LogP contribution is 2.29. The summed E-state index contributed by atoms with van der Waals surface area (Å²) in [6.07, 6.45) is 0. The van der Waals surface area contributed by atoms with E-state index < -0.39 is 4.92 Å². The van der Waals surface area contributed by atoms with Crippen molar-refractivity contribution in [3.63, 3.8) is 0 Å². The number of rotatable bonds is 7. The standard InChI is InChI=1S/C21H21N5O3/c1-25(2)12-11-22-21(27)20-18(16-9-6-10-17(13-16)26(28)29)14-19(23-24-20)15-7-4-3-5-8-15/h3-10,13-14H,11-12H2,1-2H3,(H,22,27). The van der Waals surface area contributed by atoms with Gasteiger partial charge in [0, 0.05) is 36.3 Å². The molecule has 1 amide bonds. The zero-order valence-electron chi connectivity index (χ0n) is 16.2. The lowest BCUT2D eigenvalue weighted by Crippen LogP contribution is -2.32. The van der Waals surface area contributed by atoms with Gasteiger partial charge in [0.2, 0.25) is 0 Å². The summed E-state index contributed by atoms with van der Waals surface area (Å²) in [7, 11) is 3.82. The van der Waals surface area contributed by atoms with Gasteiger partial charge in [-0.05, 0) is 25.7 Å². The topological polar surface area (TPSA) is 101 Å². The van der Waals surface area contributed by atoms with E-state index in [0.717, 1.165) is 5.56 Å². The fraction of sp³-hybridized carbons (Fsp3) is 0.190. The first kappa shape index (κ1) is 20.1. The average molecular weight is 391 g/mol. The molecule has 0 spiro atoms. The highest BCUT2D eigenvalue weighted by atomic mass is 16.6. The first-order chi connectivity index (χ1) is 14.0. The lowest BCUT2D eigenvalue weighted by atomic mass is 10.0. The van der Waals surface area contributed by atoms with Gasteiger partial charge in [0.15, 0.2) is 5.69 Å². The summed E-state index contributed by atoms with van der Waals surface area (Å²) in [4.78, 5) is 25.4. The molecule has 1 heterocycles. The Bertz CT molecular complexity index is 1020. The zero-order valence-corrected chi connectivity index (χ0v) is 16.2. The van der Waals surface area contributed by atoms with Gasteiger partial charge in [-0.25, -0.2) is 0 Å². The number of carbonyl (C=O) groups excluding carboxylic acids is 1. The SMILES string of the molecule is CN(C)CCNC(=O)c1nnc(-c2ccccc2)cc1-c1cccc([N+](=O)[O-])c1. The molecule has 0 atom stereocenters. The molecule has 0 radical (unpaired) electrons. The molecular weight excluding hydrogens is 370 g/mol. The van der Waals surface area contributed by atoms with Crippen LogP contribution in [0.1, 0.15) is 10.5 Å². The highest BCUT2D eigenvalue weighted by molar-refractivity contribution is 5.99. The Balaban J connectivity index is 2.05. The molecule has 8 nitrogen and oxygen atoms in total. The summed E-state index contributed by atoms with van der Waals surface area (Å²) >= 11 is 0. The predicted octanol–water partition coefficient (Wildman–Crippen LogP) is 3.01. The number of hydrogen-bond acceptors (Lipinski definition) is 6.